The monoisotopic (exact) mass is 385 g/mol. The van der Waals surface area contributed by atoms with Crippen LogP contribution < -0.4 is 5.32 Å². The minimum atomic E-state index is 0.372. The van der Waals surface area contributed by atoms with E-state index in [1.165, 1.54) is 0 Å². The zero-order valence-electron chi connectivity index (χ0n) is 15.7. The van der Waals surface area contributed by atoms with E-state index in [0.29, 0.717) is 17.6 Å². The van der Waals surface area contributed by atoms with Crippen LogP contribution in [0.5, 0.6) is 0 Å². The van der Waals surface area contributed by atoms with Crippen molar-refractivity contribution in [3.05, 3.63) is 60.6 Å². The lowest BCUT2D eigenvalue weighted by molar-refractivity contribution is 0.0662. The van der Waals surface area contributed by atoms with Crippen molar-refractivity contribution in [1.82, 2.24) is 24.4 Å². The van der Waals surface area contributed by atoms with Gasteiger partial charge in [0.15, 0.2) is 5.65 Å². The summed E-state index contributed by atoms with van der Waals surface area (Å²) in [6.07, 6.45) is 7.60. The van der Waals surface area contributed by atoms with Crippen molar-refractivity contribution in [3.8, 4) is 17.2 Å². The Balaban J connectivity index is 1.42. The van der Waals surface area contributed by atoms with Gasteiger partial charge in [0.2, 0.25) is 5.95 Å². The molecule has 0 amide bonds. The third-order valence-electron chi connectivity index (χ3n) is 5.11. The first-order valence-corrected chi connectivity index (χ1v) is 9.55. The second-order valence-corrected chi connectivity index (χ2v) is 6.99. The number of nitrogens with one attached hydrogen (secondary N) is 1. The number of hydrogen-bond acceptors (Lipinski definition) is 6. The molecule has 1 aromatic carbocycles. The summed E-state index contributed by atoms with van der Waals surface area (Å²) in [7, 11) is 0. The van der Waals surface area contributed by atoms with E-state index in [1.807, 2.05) is 41.3 Å². The number of benzene rings is 1. The number of fused-ring (bicyclic) bond motifs is 1. The molecule has 1 N–H and O–H groups in total. The van der Waals surface area contributed by atoms with Gasteiger partial charge in [0.05, 0.1) is 29.6 Å². The van der Waals surface area contributed by atoms with E-state index in [1.54, 1.807) is 22.8 Å². The highest BCUT2D eigenvalue weighted by Gasteiger charge is 2.17. The number of anilines is 2. The molecular formula is C21H19N7O. The fourth-order valence-corrected chi connectivity index (χ4v) is 3.59. The summed E-state index contributed by atoms with van der Waals surface area (Å²) in [5.74, 6) is 0.512. The van der Waals surface area contributed by atoms with E-state index in [0.717, 1.165) is 48.5 Å². The summed E-state index contributed by atoms with van der Waals surface area (Å²) >= 11 is 0. The molecule has 0 bridgehead atoms. The normalized spacial score (nSPS) is 14.7. The van der Waals surface area contributed by atoms with E-state index in [2.05, 4.69) is 26.6 Å². The van der Waals surface area contributed by atoms with Crippen molar-refractivity contribution in [2.75, 3.05) is 18.5 Å². The zero-order valence-corrected chi connectivity index (χ0v) is 15.7. The summed E-state index contributed by atoms with van der Waals surface area (Å²) in [6, 6.07) is 13.9. The van der Waals surface area contributed by atoms with Crippen molar-refractivity contribution in [2.45, 2.75) is 18.9 Å². The minimum Gasteiger partial charge on any atom is -0.381 e. The van der Waals surface area contributed by atoms with Crippen LogP contribution in [-0.4, -0.2) is 37.6 Å². The molecule has 8 heteroatoms. The van der Waals surface area contributed by atoms with E-state index in [4.69, 9.17) is 10.00 Å². The molecular weight excluding hydrogens is 366 g/mol. The van der Waals surface area contributed by atoms with Gasteiger partial charge in [-0.3, -0.25) is 4.68 Å². The van der Waals surface area contributed by atoms with Gasteiger partial charge in [0.25, 0.3) is 0 Å². The fraction of sp³-hybridized carbons (Fsp3) is 0.238. The molecule has 0 radical (unpaired) electrons. The van der Waals surface area contributed by atoms with Gasteiger partial charge in [0.1, 0.15) is 0 Å². The molecule has 5 rings (SSSR count). The molecule has 0 spiro atoms. The van der Waals surface area contributed by atoms with Crippen LogP contribution >= 0.6 is 0 Å². The molecule has 29 heavy (non-hydrogen) atoms. The Morgan fingerprint density at radius 3 is 2.76 bits per heavy atom. The lowest BCUT2D eigenvalue weighted by Crippen LogP contribution is -2.19. The predicted octanol–water partition coefficient (Wildman–Crippen LogP) is 3.56. The van der Waals surface area contributed by atoms with Crippen molar-refractivity contribution in [2.24, 2.45) is 0 Å². The van der Waals surface area contributed by atoms with Crippen LogP contribution in [0.3, 0.4) is 0 Å². The molecule has 144 valence electrons. The minimum absolute atomic E-state index is 0.372. The van der Waals surface area contributed by atoms with E-state index < -0.39 is 0 Å². The first-order chi connectivity index (χ1) is 14.3. The number of rotatable bonds is 4. The highest BCUT2D eigenvalue weighted by atomic mass is 16.5. The van der Waals surface area contributed by atoms with Crippen LogP contribution in [-0.2, 0) is 4.74 Å². The second-order valence-electron chi connectivity index (χ2n) is 6.99. The third kappa shape index (κ3) is 3.44. The maximum atomic E-state index is 9.00. The molecule has 3 aromatic heterocycles. The van der Waals surface area contributed by atoms with Gasteiger partial charge in [-0.1, -0.05) is 12.1 Å². The summed E-state index contributed by atoms with van der Waals surface area (Å²) in [5, 5.41) is 21.3. The molecule has 4 heterocycles. The Bertz CT molecular complexity index is 1180. The van der Waals surface area contributed by atoms with Gasteiger partial charge in [-0.05, 0) is 42.7 Å². The van der Waals surface area contributed by atoms with Crippen molar-refractivity contribution < 1.29 is 4.74 Å². The summed E-state index contributed by atoms with van der Waals surface area (Å²) in [4.78, 5) is 4.67. The SMILES string of the molecule is N#Cc1ccc(-c2cccn3nc(Nc4cnn(C5CCOCC5)c4)nc23)cc1. The van der Waals surface area contributed by atoms with Gasteiger partial charge >= 0.3 is 0 Å². The van der Waals surface area contributed by atoms with E-state index >= 15 is 0 Å². The Morgan fingerprint density at radius 2 is 1.97 bits per heavy atom. The Hall–Kier alpha value is -3.70. The standard InChI is InChI=1S/C21H19N7O/c22-12-15-3-5-16(6-4-15)19-2-1-9-27-20(19)25-21(26-27)24-17-13-23-28(14-17)18-7-10-29-11-8-18/h1-6,9,13-14,18H,7-8,10-11H2,(H,24,26). The molecule has 1 aliphatic heterocycles. The number of nitrogens with zero attached hydrogens (tertiary/aromatic N) is 6. The fourth-order valence-electron chi connectivity index (χ4n) is 3.59. The highest BCUT2D eigenvalue weighted by molar-refractivity contribution is 5.78. The van der Waals surface area contributed by atoms with Crippen LogP contribution in [0.15, 0.2) is 55.0 Å². The predicted molar refractivity (Wildman–Crippen MR) is 108 cm³/mol. The van der Waals surface area contributed by atoms with Crippen LogP contribution in [0.4, 0.5) is 11.6 Å². The van der Waals surface area contributed by atoms with E-state index in [-0.39, 0.29) is 0 Å². The maximum Gasteiger partial charge on any atom is 0.247 e. The number of nitriles is 1. The first-order valence-electron chi connectivity index (χ1n) is 9.55. The molecule has 0 aliphatic carbocycles. The topological polar surface area (TPSA) is 93.1 Å². The van der Waals surface area contributed by atoms with Crippen molar-refractivity contribution in [1.29, 1.82) is 5.26 Å². The number of ether oxygens (including phenoxy) is 1. The molecule has 0 unspecified atom stereocenters. The smallest absolute Gasteiger partial charge is 0.247 e. The third-order valence-corrected chi connectivity index (χ3v) is 5.11. The first kappa shape index (κ1) is 17.4. The van der Waals surface area contributed by atoms with Gasteiger partial charge < -0.3 is 10.1 Å². The lowest BCUT2D eigenvalue weighted by atomic mass is 10.1. The van der Waals surface area contributed by atoms with Gasteiger partial charge in [-0.15, -0.1) is 5.10 Å². The number of aromatic nitrogens is 5. The van der Waals surface area contributed by atoms with Crippen LogP contribution in [0.1, 0.15) is 24.4 Å². The molecule has 1 aliphatic rings. The largest absolute Gasteiger partial charge is 0.381 e. The second kappa shape index (κ2) is 7.37. The van der Waals surface area contributed by atoms with Gasteiger partial charge in [-0.2, -0.15) is 15.3 Å². The number of pyridine rings is 1. The average molecular weight is 385 g/mol. The Morgan fingerprint density at radius 1 is 1.14 bits per heavy atom. The summed E-state index contributed by atoms with van der Waals surface area (Å²) < 4.78 is 9.16. The van der Waals surface area contributed by atoms with Crippen LogP contribution in [0, 0.1) is 11.3 Å². The van der Waals surface area contributed by atoms with Gasteiger partial charge in [0, 0.05) is 31.2 Å². The van der Waals surface area contributed by atoms with Crippen LogP contribution in [0.2, 0.25) is 0 Å². The van der Waals surface area contributed by atoms with E-state index in [9.17, 15) is 0 Å². The van der Waals surface area contributed by atoms with Gasteiger partial charge in [-0.25, -0.2) is 4.52 Å². The quantitative estimate of drug-likeness (QED) is 0.577. The van der Waals surface area contributed by atoms with Crippen molar-refractivity contribution in [3.63, 3.8) is 0 Å². The zero-order chi connectivity index (χ0) is 19.6. The Labute approximate surface area is 167 Å². The molecule has 1 saturated heterocycles. The van der Waals surface area contributed by atoms with Crippen LogP contribution in [0.25, 0.3) is 16.8 Å². The molecule has 4 aromatic rings. The molecule has 8 nitrogen and oxygen atoms in total. The molecule has 1 fully saturated rings. The lowest BCUT2D eigenvalue weighted by Gasteiger charge is -2.22. The summed E-state index contributed by atoms with van der Waals surface area (Å²) in [5.41, 5.74) is 4.17. The summed E-state index contributed by atoms with van der Waals surface area (Å²) in [6.45, 7) is 1.55. The molecule has 0 atom stereocenters. The maximum absolute atomic E-state index is 9.00. The molecule has 0 saturated carbocycles. The highest BCUT2D eigenvalue weighted by Crippen LogP contribution is 2.26. The average Bonchev–Trinajstić information content (AvgIpc) is 3.41. The van der Waals surface area contributed by atoms with Crippen molar-refractivity contribution >= 4 is 17.3 Å². The Kier molecular flexibility index (Phi) is 4.42. The number of hydrogen-bond donors (Lipinski definition) is 1.